The first-order valence-corrected chi connectivity index (χ1v) is 10.9. The predicted octanol–water partition coefficient (Wildman–Crippen LogP) is 2.55. The third kappa shape index (κ3) is 4.11. The van der Waals surface area contributed by atoms with E-state index < -0.39 is 0 Å². The van der Waals surface area contributed by atoms with Crippen molar-refractivity contribution in [3.63, 3.8) is 0 Å². The number of carbonyl (C=O) groups excluding carboxylic acids is 2. The van der Waals surface area contributed by atoms with Crippen LogP contribution in [0.5, 0.6) is 5.75 Å². The topological polar surface area (TPSA) is 73.3 Å². The van der Waals surface area contributed by atoms with Gasteiger partial charge in [-0.2, -0.15) is 0 Å². The highest BCUT2D eigenvalue weighted by atomic mass is 35.5. The first kappa shape index (κ1) is 22.3. The monoisotopic (exact) mass is 455 g/mol. The van der Waals surface area contributed by atoms with Gasteiger partial charge in [0.05, 0.1) is 25.0 Å². The Morgan fingerprint density at radius 2 is 1.69 bits per heavy atom. The molecule has 7 nitrogen and oxygen atoms in total. The molecule has 0 unspecified atom stereocenters. The number of hydrogen-bond donors (Lipinski definition) is 1. The Morgan fingerprint density at radius 3 is 2.31 bits per heavy atom. The van der Waals surface area contributed by atoms with Gasteiger partial charge < -0.3 is 14.7 Å². The van der Waals surface area contributed by atoms with E-state index >= 15 is 0 Å². The standard InChI is InChI=1S/C24H26ClN3O4/c1-16-3-6-18(25)15-20(16)28-23(30)21(17-4-7-19(32-2)8-5-17)22(24(28)31)27-11-9-26(10-12-27)13-14-29/h3-8,15,29H,9-14H2,1-2H3. The van der Waals surface area contributed by atoms with Gasteiger partial charge in [0.2, 0.25) is 0 Å². The van der Waals surface area contributed by atoms with Crippen LogP contribution in [0.2, 0.25) is 5.02 Å². The van der Waals surface area contributed by atoms with Gasteiger partial charge in [-0.15, -0.1) is 0 Å². The number of aliphatic hydroxyl groups is 1. The van der Waals surface area contributed by atoms with Crippen molar-refractivity contribution in [1.82, 2.24) is 9.80 Å². The number of imide groups is 1. The van der Waals surface area contributed by atoms with Crippen LogP contribution in [-0.4, -0.2) is 73.2 Å². The zero-order valence-corrected chi connectivity index (χ0v) is 18.9. The molecule has 0 radical (unpaired) electrons. The van der Waals surface area contributed by atoms with E-state index in [0.717, 1.165) is 5.56 Å². The van der Waals surface area contributed by atoms with E-state index in [1.807, 2.05) is 11.8 Å². The summed E-state index contributed by atoms with van der Waals surface area (Å²) >= 11 is 6.20. The number of ether oxygens (including phenoxy) is 1. The smallest absolute Gasteiger partial charge is 0.282 e. The number of aliphatic hydroxyl groups excluding tert-OH is 1. The lowest BCUT2D eigenvalue weighted by Gasteiger charge is -2.36. The summed E-state index contributed by atoms with van der Waals surface area (Å²) < 4.78 is 5.25. The molecular weight excluding hydrogens is 430 g/mol. The second-order valence-electron chi connectivity index (χ2n) is 7.88. The number of piperazine rings is 1. The number of carbonyl (C=O) groups is 2. The number of amides is 2. The molecule has 0 aliphatic carbocycles. The molecule has 0 spiro atoms. The molecule has 8 heteroatoms. The molecule has 0 atom stereocenters. The van der Waals surface area contributed by atoms with Gasteiger partial charge >= 0.3 is 0 Å². The van der Waals surface area contributed by atoms with Gasteiger partial charge in [0, 0.05) is 37.7 Å². The molecule has 0 aromatic heterocycles. The maximum Gasteiger partial charge on any atom is 0.282 e. The molecule has 0 bridgehead atoms. The zero-order chi connectivity index (χ0) is 22.8. The molecule has 0 saturated carbocycles. The van der Waals surface area contributed by atoms with Gasteiger partial charge in [0.25, 0.3) is 11.8 Å². The number of methoxy groups -OCH3 is 1. The van der Waals surface area contributed by atoms with Crippen molar-refractivity contribution in [1.29, 1.82) is 0 Å². The summed E-state index contributed by atoms with van der Waals surface area (Å²) in [5.74, 6) is -0.0343. The van der Waals surface area contributed by atoms with Crippen molar-refractivity contribution < 1.29 is 19.4 Å². The average Bonchev–Trinajstić information content (AvgIpc) is 3.06. The minimum Gasteiger partial charge on any atom is -0.497 e. The molecule has 1 saturated heterocycles. The number of benzene rings is 2. The predicted molar refractivity (Wildman–Crippen MR) is 124 cm³/mol. The normalized spacial score (nSPS) is 17.5. The highest BCUT2D eigenvalue weighted by molar-refractivity contribution is 6.45. The number of hydrogen-bond acceptors (Lipinski definition) is 6. The van der Waals surface area contributed by atoms with E-state index in [4.69, 9.17) is 16.3 Å². The van der Waals surface area contributed by atoms with E-state index in [1.54, 1.807) is 49.6 Å². The van der Waals surface area contributed by atoms with Gasteiger partial charge in [-0.3, -0.25) is 14.5 Å². The van der Waals surface area contributed by atoms with Crippen molar-refractivity contribution in [3.8, 4) is 5.75 Å². The summed E-state index contributed by atoms with van der Waals surface area (Å²) in [6.45, 7) is 5.14. The summed E-state index contributed by atoms with van der Waals surface area (Å²) in [4.78, 5) is 32.7. The Morgan fingerprint density at radius 1 is 1.00 bits per heavy atom. The van der Waals surface area contributed by atoms with Crippen LogP contribution in [0.4, 0.5) is 5.69 Å². The van der Waals surface area contributed by atoms with Crippen LogP contribution in [-0.2, 0) is 9.59 Å². The van der Waals surface area contributed by atoms with Crippen molar-refractivity contribution in [2.45, 2.75) is 6.92 Å². The maximum atomic E-state index is 13.7. The Hall–Kier alpha value is -2.87. The van der Waals surface area contributed by atoms with Crippen LogP contribution in [0.25, 0.3) is 5.57 Å². The van der Waals surface area contributed by atoms with Crippen molar-refractivity contribution in [2.24, 2.45) is 0 Å². The Bertz CT molecular complexity index is 1060. The number of aryl methyl sites for hydroxylation is 1. The van der Waals surface area contributed by atoms with E-state index in [2.05, 4.69) is 4.90 Å². The average molecular weight is 456 g/mol. The molecule has 1 fully saturated rings. The molecular formula is C24H26ClN3O4. The Balaban J connectivity index is 1.76. The lowest BCUT2D eigenvalue weighted by Crippen LogP contribution is -2.48. The first-order valence-electron chi connectivity index (χ1n) is 10.6. The number of anilines is 1. The second-order valence-corrected chi connectivity index (χ2v) is 8.32. The summed E-state index contributed by atoms with van der Waals surface area (Å²) in [6.07, 6.45) is 0. The van der Waals surface area contributed by atoms with Crippen molar-refractivity contribution in [2.75, 3.05) is 51.3 Å². The summed E-state index contributed by atoms with van der Waals surface area (Å²) in [5, 5.41) is 9.69. The summed E-state index contributed by atoms with van der Waals surface area (Å²) in [5.41, 5.74) is 2.74. The van der Waals surface area contributed by atoms with Gasteiger partial charge in [0.1, 0.15) is 11.4 Å². The second kappa shape index (κ2) is 9.32. The van der Waals surface area contributed by atoms with Crippen LogP contribution in [0.1, 0.15) is 11.1 Å². The number of halogens is 1. The van der Waals surface area contributed by atoms with Crippen molar-refractivity contribution >= 4 is 34.7 Å². The lowest BCUT2D eigenvalue weighted by atomic mass is 10.0. The molecule has 2 heterocycles. The molecule has 2 amide bonds. The fourth-order valence-corrected chi connectivity index (χ4v) is 4.37. The number of nitrogens with zero attached hydrogens (tertiary/aromatic N) is 3. The van der Waals surface area contributed by atoms with Gasteiger partial charge in [-0.1, -0.05) is 29.8 Å². The van der Waals surface area contributed by atoms with E-state index in [0.29, 0.717) is 66.0 Å². The lowest BCUT2D eigenvalue weighted by molar-refractivity contribution is -0.120. The number of β-amino-alcohol motifs (C(OH)–C–C–N with tert-alkyl or cyclic N) is 1. The third-order valence-electron chi connectivity index (χ3n) is 5.95. The third-order valence-corrected chi connectivity index (χ3v) is 6.19. The van der Waals surface area contributed by atoms with E-state index in [-0.39, 0.29) is 18.4 Å². The van der Waals surface area contributed by atoms with Crippen LogP contribution < -0.4 is 9.64 Å². The van der Waals surface area contributed by atoms with Crippen molar-refractivity contribution in [3.05, 3.63) is 64.3 Å². The van der Waals surface area contributed by atoms with E-state index in [1.165, 1.54) is 4.90 Å². The fraction of sp³-hybridized carbons (Fsp3) is 0.333. The van der Waals surface area contributed by atoms with Crippen LogP contribution in [0.15, 0.2) is 48.2 Å². The highest BCUT2D eigenvalue weighted by Gasteiger charge is 2.43. The zero-order valence-electron chi connectivity index (χ0n) is 18.2. The molecule has 2 aliphatic rings. The fourth-order valence-electron chi connectivity index (χ4n) is 4.21. The molecule has 1 N–H and O–H groups in total. The van der Waals surface area contributed by atoms with Gasteiger partial charge in [0.15, 0.2) is 0 Å². The molecule has 2 aromatic rings. The SMILES string of the molecule is COc1ccc(C2=C(N3CCN(CCO)CC3)C(=O)N(c3cc(Cl)ccc3C)C2=O)cc1. The van der Waals surface area contributed by atoms with Gasteiger partial charge in [-0.25, -0.2) is 4.90 Å². The van der Waals surface area contributed by atoms with Crippen LogP contribution in [0.3, 0.4) is 0 Å². The first-order chi connectivity index (χ1) is 15.4. The highest BCUT2D eigenvalue weighted by Crippen LogP contribution is 2.37. The molecule has 168 valence electrons. The van der Waals surface area contributed by atoms with E-state index in [9.17, 15) is 14.7 Å². The molecule has 4 rings (SSSR count). The number of rotatable bonds is 6. The molecule has 2 aliphatic heterocycles. The van der Waals surface area contributed by atoms with Crippen LogP contribution >= 0.6 is 11.6 Å². The van der Waals surface area contributed by atoms with Gasteiger partial charge in [-0.05, 0) is 42.3 Å². The minimum atomic E-state index is -0.363. The largest absolute Gasteiger partial charge is 0.497 e. The Labute approximate surface area is 192 Å². The maximum absolute atomic E-state index is 13.7. The summed E-state index contributed by atoms with van der Waals surface area (Å²) in [7, 11) is 1.58. The molecule has 2 aromatic carbocycles. The summed E-state index contributed by atoms with van der Waals surface area (Å²) in [6, 6.07) is 12.4. The quantitative estimate of drug-likeness (QED) is 0.675. The van der Waals surface area contributed by atoms with Crippen LogP contribution in [0, 0.1) is 6.92 Å². The molecule has 32 heavy (non-hydrogen) atoms. The Kier molecular flexibility index (Phi) is 6.50. The minimum absolute atomic E-state index is 0.0963.